The van der Waals surface area contributed by atoms with Gasteiger partial charge in [0, 0.05) is 0 Å². The molecule has 106 valence electrons. The van der Waals surface area contributed by atoms with E-state index in [1.54, 1.807) is 5.32 Å². The predicted molar refractivity (Wildman–Crippen MR) is 57.3 cm³/mol. The Morgan fingerprint density at radius 2 is 2.05 bits per heavy atom. The molecule has 0 aliphatic heterocycles. The van der Waals surface area contributed by atoms with E-state index in [1.165, 1.54) is 6.92 Å². The number of hydrogen-bond donors (Lipinski definition) is 2. The van der Waals surface area contributed by atoms with Crippen LogP contribution in [-0.4, -0.2) is 33.8 Å². The molecule has 0 bridgehead atoms. The minimum atomic E-state index is -4.35. The van der Waals surface area contributed by atoms with Gasteiger partial charge in [0.05, 0.1) is 11.5 Å². The Bertz CT molecular complexity index is 496. The molecule has 0 radical (unpaired) electrons. The number of hydrogen-bond acceptors (Lipinski definition) is 6. The summed E-state index contributed by atoms with van der Waals surface area (Å²) in [5.41, 5.74) is 4.35. The molecule has 0 spiro atoms. The van der Waals surface area contributed by atoms with Crippen LogP contribution in [0.4, 0.5) is 35.0 Å². The number of halogens is 4. The first-order chi connectivity index (χ1) is 8.65. The summed E-state index contributed by atoms with van der Waals surface area (Å²) in [4.78, 5) is 16.6. The van der Waals surface area contributed by atoms with Gasteiger partial charge in [-0.05, 0) is 6.92 Å². The quantitative estimate of drug-likeness (QED) is 0.482. The Morgan fingerprint density at radius 3 is 2.53 bits per heavy atom. The number of aryl methyl sites for hydroxylation is 1. The van der Waals surface area contributed by atoms with Crippen molar-refractivity contribution in [2.45, 2.75) is 19.3 Å². The zero-order valence-electron chi connectivity index (χ0n) is 9.53. The van der Waals surface area contributed by atoms with Gasteiger partial charge in [-0.1, -0.05) is 0 Å². The predicted octanol–water partition coefficient (Wildman–Crippen LogP) is 1.59. The first-order valence-corrected chi connectivity index (χ1v) is 4.83. The second kappa shape index (κ2) is 5.20. The number of nitrogens with one attached hydrogen (secondary N) is 1. The second-order valence-electron chi connectivity index (χ2n) is 3.54. The number of alkyl halides is 4. The van der Waals surface area contributed by atoms with E-state index >= 15 is 0 Å². The molecule has 0 saturated heterocycles. The molecular formula is C8H9F4N5O2. The minimum absolute atomic E-state index is 0.166. The largest absolute Gasteiger partial charge is 0.368 e. The van der Waals surface area contributed by atoms with Gasteiger partial charge in [-0.3, -0.25) is 10.1 Å². The van der Waals surface area contributed by atoms with Gasteiger partial charge in [0.1, 0.15) is 5.69 Å². The maximum absolute atomic E-state index is 12.7. The van der Waals surface area contributed by atoms with E-state index in [2.05, 4.69) is 9.97 Å². The lowest BCUT2D eigenvalue weighted by Crippen LogP contribution is -2.35. The van der Waals surface area contributed by atoms with E-state index < -0.39 is 41.3 Å². The van der Waals surface area contributed by atoms with Crippen molar-refractivity contribution >= 4 is 17.5 Å². The van der Waals surface area contributed by atoms with Gasteiger partial charge in [0.2, 0.25) is 11.8 Å². The van der Waals surface area contributed by atoms with E-state index in [1.807, 2.05) is 0 Å². The van der Waals surface area contributed by atoms with Crippen molar-refractivity contribution in [2.75, 3.05) is 17.6 Å². The first kappa shape index (κ1) is 14.9. The molecule has 0 aromatic carbocycles. The third-order valence-electron chi connectivity index (χ3n) is 2.07. The average Bonchev–Trinajstić information content (AvgIpc) is 2.24. The Hall–Kier alpha value is -2.20. The summed E-state index contributed by atoms with van der Waals surface area (Å²) in [6, 6.07) is 0. The molecule has 0 saturated carbocycles. The number of anilines is 2. The number of nitrogens with two attached hydrogens (primary N) is 1. The van der Waals surface area contributed by atoms with Crippen LogP contribution in [0.15, 0.2) is 0 Å². The van der Waals surface area contributed by atoms with Crippen LogP contribution < -0.4 is 11.1 Å². The molecule has 0 fully saturated rings. The van der Waals surface area contributed by atoms with Crippen molar-refractivity contribution in [3.8, 4) is 0 Å². The van der Waals surface area contributed by atoms with E-state index in [9.17, 15) is 27.7 Å². The highest BCUT2D eigenvalue weighted by Gasteiger charge is 2.41. The van der Waals surface area contributed by atoms with Gasteiger partial charge in [0.15, 0.2) is 0 Å². The number of aromatic nitrogens is 2. The normalized spacial score (nSPS) is 11.7. The molecule has 19 heavy (non-hydrogen) atoms. The number of nitrogens with zero attached hydrogens (tertiary/aromatic N) is 3. The monoisotopic (exact) mass is 283 g/mol. The molecule has 11 heteroatoms. The molecule has 1 heterocycles. The molecule has 3 N–H and O–H groups in total. The molecule has 0 amide bonds. The van der Waals surface area contributed by atoms with Gasteiger partial charge in [-0.25, -0.2) is 13.8 Å². The smallest absolute Gasteiger partial charge is 0.332 e. The van der Waals surface area contributed by atoms with E-state index in [0.29, 0.717) is 0 Å². The van der Waals surface area contributed by atoms with Crippen molar-refractivity contribution in [3.05, 3.63) is 15.8 Å². The highest BCUT2D eigenvalue weighted by Crippen LogP contribution is 2.28. The topological polar surface area (TPSA) is 107 Å². The summed E-state index contributed by atoms with van der Waals surface area (Å²) in [5.74, 6) is -5.37. The SMILES string of the molecule is Cc1nc(N)nc(NCC(F)(F)C(F)F)c1[N+](=O)[O-]. The second-order valence-corrected chi connectivity index (χ2v) is 3.54. The fraction of sp³-hybridized carbons (Fsp3) is 0.500. The molecule has 1 aromatic heterocycles. The van der Waals surface area contributed by atoms with Gasteiger partial charge < -0.3 is 11.1 Å². The van der Waals surface area contributed by atoms with Crippen molar-refractivity contribution in [2.24, 2.45) is 0 Å². The molecule has 0 unspecified atom stereocenters. The lowest BCUT2D eigenvalue weighted by Gasteiger charge is -2.16. The first-order valence-electron chi connectivity index (χ1n) is 4.83. The van der Waals surface area contributed by atoms with Gasteiger partial charge in [0.25, 0.3) is 0 Å². The fourth-order valence-corrected chi connectivity index (χ4v) is 1.21. The highest BCUT2D eigenvalue weighted by molar-refractivity contribution is 5.60. The maximum atomic E-state index is 12.7. The summed E-state index contributed by atoms with van der Waals surface area (Å²) in [6.07, 6.45) is -3.90. The Kier molecular flexibility index (Phi) is 4.07. The van der Waals surface area contributed by atoms with E-state index in [4.69, 9.17) is 5.73 Å². The van der Waals surface area contributed by atoms with Gasteiger partial charge in [-0.15, -0.1) is 0 Å². The van der Waals surface area contributed by atoms with Crippen molar-refractivity contribution in [1.29, 1.82) is 0 Å². The van der Waals surface area contributed by atoms with Crippen LogP contribution in [0, 0.1) is 17.0 Å². The minimum Gasteiger partial charge on any atom is -0.368 e. The van der Waals surface area contributed by atoms with Crippen molar-refractivity contribution in [3.63, 3.8) is 0 Å². The van der Waals surface area contributed by atoms with Crippen molar-refractivity contribution in [1.82, 2.24) is 9.97 Å². The molecule has 7 nitrogen and oxygen atoms in total. The summed E-state index contributed by atoms with van der Waals surface area (Å²) in [5, 5.41) is 12.5. The van der Waals surface area contributed by atoms with Crippen LogP contribution >= 0.6 is 0 Å². The van der Waals surface area contributed by atoms with Crippen LogP contribution in [0.3, 0.4) is 0 Å². The van der Waals surface area contributed by atoms with E-state index in [-0.39, 0.29) is 5.69 Å². The molecule has 0 aliphatic carbocycles. The van der Waals surface area contributed by atoms with Crippen LogP contribution in [0.25, 0.3) is 0 Å². The van der Waals surface area contributed by atoms with E-state index in [0.717, 1.165) is 0 Å². The summed E-state index contributed by atoms with van der Waals surface area (Å²) < 4.78 is 49.3. The summed E-state index contributed by atoms with van der Waals surface area (Å²) in [7, 11) is 0. The number of nitro groups is 1. The molecule has 0 atom stereocenters. The lowest BCUT2D eigenvalue weighted by atomic mass is 10.3. The Morgan fingerprint density at radius 1 is 1.47 bits per heavy atom. The summed E-state index contributed by atoms with van der Waals surface area (Å²) in [6.45, 7) is -0.298. The van der Waals surface area contributed by atoms with Crippen LogP contribution in [-0.2, 0) is 0 Å². The van der Waals surface area contributed by atoms with Gasteiger partial charge >= 0.3 is 18.0 Å². The third kappa shape index (κ3) is 3.39. The lowest BCUT2D eigenvalue weighted by molar-refractivity contribution is -0.385. The molecule has 0 aliphatic rings. The highest BCUT2D eigenvalue weighted by atomic mass is 19.3. The van der Waals surface area contributed by atoms with Crippen LogP contribution in [0.1, 0.15) is 5.69 Å². The molecule has 1 aromatic rings. The fourth-order valence-electron chi connectivity index (χ4n) is 1.21. The zero-order valence-corrected chi connectivity index (χ0v) is 9.53. The third-order valence-corrected chi connectivity index (χ3v) is 2.07. The van der Waals surface area contributed by atoms with Crippen molar-refractivity contribution < 1.29 is 22.5 Å². The molecule has 1 rings (SSSR count). The Balaban J connectivity index is 3.04. The number of nitrogen functional groups attached to an aromatic ring is 1. The van der Waals surface area contributed by atoms with Gasteiger partial charge in [-0.2, -0.15) is 13.8 Å². The maximum Gasteiger partial charge on any atom is 0.332 e. The zero-order chi connectivity index (χ0) is 14.8. The average molecular weight is 283 g/mol. The van der Waals surface area contributed by atoms with Crippen LogP contribution in [0.5, 0.6) is 0 Å². The molecular weight excluding hydrogens is 274 g/mol. The van der Waals surface area contributed by atoms with Crippen LogP contribution in [0.2, 0.25) is 0 Å². The summed E-state index contributed by atoms with van der Waals surface area (Å²) >= 11 is 0. The number of rotatable bonds is 5. The standard InChI is InChI=1S/C8H9F4N5O2/c1-3-4(17(18)19)5(16-7(13)15-3)14-2-8(11,12)6(9)10/h6H,2H2,1H3,(H3,13,14,15,16). The Labute approximate surface area is 104 Å².